The first kappa shape index (κ1) is 14.8. The molecule has 1 heterocycles. The van der Waals surface area contributed by atoms with Gasteiger partial charge in [-0.05, 0) is 56.9 Å². The highest BCUT2D eigenvalue weighted by Gasteiger charge is 2.27. The van der Waals surface area contributed by atoms with Crippen molar-refractivity contribution in [3.63, 3.8) is 0 Å². The maximum Gasteiger partial charge on any atom is 0.0576 e. The average molecular weight is 279 g/mol. The van der Waals surface area contributed by atoms with Crippen LogP contribution >= 0.6 is 0 Å². The summed E-state index contributed by atoms with van der Waals surface area (Å²) in [7, 11) is 0. The standard InChI is InChI=1S/C18H33NO/c1-2-6-15(8-4-9-18-10-5-13-20-18)16(7-3-1)14-19-17-11-12-17/h15-19H,1-14H2. The van der Waals surface area contributed by atoms with Crippen LogP contribution in [0.15, 0.2) is 0 Å². The summed E-state index contributed by atoms with van der Waals surface area (Å²) in [6, 6.07) is 0.880. The van der Waals surface area contributed by atoms with Crippen molar-refractivity contribution >= 4 is 0 Å². The Bertz CT molecular complexity index is 271. The van der Waals surface area contributed by atoms with E-state index in [0.29, 0.717) is 6.10 Å². The molecule has 2 aliphatic carbocycles. The van der Waals surface area contributed by atoms with Gasteiger partial charge in [0.05, 0.1) is 6.10 Å². The highest BCUT2D eigenvalue weighted by Crippen LogP contribution is 2.33. The second kappa shape index (κ2) is 7.79. The van der Waals surface area contributed by atoms with Crippen LogP contribution in [-0.2, 0) is 4.74 Å². The summed E-state index contributed by atoms with van der Waals surface area (Å²) in [5, 5.41) is 3.79. The van der Waals surface area contributed by atoms with Crippen molar-refractivity contribution in [3.8, 4) is 0 Å². The van der Waals surface area contributed by atoms with Crippen LogP contribution in [0.1, 0.15) is 77.0 Å². The zero-order chi connectivity index (χ0) is 13.6. The van der Waals surface area contributed by atoms with Gasteiger partial charge in [0.2, 0.25) is 0 Å². The normalized spacial score (nSPS) is 35.1. The van der Waals surface area contributed by atoms with Gasteiger partial charge in [0.1, 0.15) is 0 Å². The molecular weight excluding hydrogens is 246 g/mol. The van der Waals surface area contributed by atoms with Crippen molar-refractivity contribution in [1.29, 1.82) is 0 Å². The van der Waals surface area contributed by atoms with E-state index in [2.05, 4.69) is 5.32 Å². The fraction of sp³-hybridized carbons (Fsp3) is 1.00. The van der Waals surface area contributed by atoms with Gasteiger partial charge in [-0.25, -0.2) is 0 Å². The molecule has 3 atom stereocenters. The summed E-state index contributed by atoms with van der Waals surface area (Å²) in [6.07, 6.45) is 17.6. The molecule has 116 valence electrons. The van der Waals surface area contributed by atoms with E-state index in [1.54, 1.807) is 0 Å². The van der Waals surface area contributed by atoms with E-state index in [4.69, 9.17) is 4.74 Å². The molecule has 1 saturated heterocycles. The van der Waals surface area contributed by atoms with Crippen LogP contribution in [0.4, 0.5) is 0 Å². The molecule has 2 nitrogen and oxygen atoms in total. The van der Waals surface area contributed by atoms with E-state index in [1.165, 1.54) is 83.6 Å². The second-order valence-electron chi connectivity index (χ2n) is 7.41. The van der Waals surface area contributed by atoms with Crippen molar-refractivity contribution in [3.05, 3.63) is 0 Å². The molecule has 3 aliphatic rings. The summed E-state index contributed by atoms with van der Waals surface area (Å²) in [5.74, 6) is 1.95. The highest BCUT2D eigenvalue weighted by atomic mass is 16.5. The Labute approximate surface area is 125 Å². The fourth-order valence-corrected chi connectivity index (χ4v) is 4.20. The van der Waals surface area contributed by atoms with Crippen LogP contribution < -0.4 is 5.32 Å². The van der Waals surface area contributed by atoms with E-state index in [9.17, 15) is 0 Å². The van der Waals surface area contributed by atoms with E-state index >= 15 is 0 Å². The lowest BCUT2D eigenvalue weighted by Gasteiger charge is -2.26. The van der Waals surface area contributed by atoms with E-state index in [-0.39, 0.29) is 0 Å². The Hall–Kier alpha value is -0.0800. The van der Waals surface area contributed by atoms with Crippen molar-refractivity contribution < 1.29 is 4.74 Å². The molecule has 0 aromatic heterocycles. The monoisotopic (exact) mass is 279 g/mol. The second-order valence-corrected chi connectivity index (χ2v) is 7.41. The number of nitrogens with one attached hydrogen (secondary N) is 1. The Kier molecular flexibility index (Phi) is 5.78. The maximum absolute atomic E-state index is 5.77. The molecule has 3 fully saturated rings. The van der Waals surface area contributed by atoms with E-state index in [1.807, 2.05) is 0 Å². The molecule has 3 unspecified atom stereocenters. The van der Waals surface area contributed by atoms with Crippen molar-refractivity contribution in [2.75, 3.05) is 13.2 Å². The lowest BCUT2D eigenvalue weighted by Crippen LogP contribution is -2.29. The van der Waals surface area contributed by atoms with E-state index < -0.39 is 0 Å². The SMILES string of the molecule is C1CCC(CCCC2CCCO2)C(CNC2CC2)CC1. The minimum Gasteiger partial charge on any atom is -0.378 e. The van der Waals surface area contributed by atoms with Crippen LogP contribution in [0, 0.1) is 11.8 Å². The van der Waals surface area contributed by atoms with Gasteiger partial charge < -0.3 is 10.1 Å². The quantitative estimate of drug-likeness (QED) is 0.702. The molecule has 0 aromatic carbocycles. The minimum absolute atomic E-state index is 0.601. The van der Waals surface area contributed by atoms with Gasteiger partial charge in [0, 0.05) is 12.6 Å². The van der Waals surface area contributed by atoms with Gasteiger partial charge >= 0.3 is 0 Å². The number of rotatable bonds is 7. The zero-order valence-electron chi connectivity index (χ0n) is 13.1. The van der Waals surface area contributed by atoms with Gasteiger partial charge in [-0.2, -0.15) is 0 Å². The molecule has 20 heavy (non-hydrogen) atoms. The molecule has 1 aliphatic heterocycles. The molecule has 0 aromatic rings. The van der Waals surface area contributed by atoms with Crippen molar-refractivity contribution in [1.82, 2.24) is 5.32 Å². The molecule has 0 spiro atoms. The smallest absolute Gasteiger partial charge is 0.0576 e. The third-order valence-electron chi connectivity index (χ3n) is 5.69. The summed E-state index contributed by atoms with van der Waals surface area (Å²) < 4.78 is 5.77. The zero-order valence-corrected chi connectivity index (χ0v) is 13.1. The molecule has 3 rings (SSSR count). The van der Waals surface area contributed by atoms with Crippen LogP contribution in [0.3, 0.4) is 0 Å². The lowest BCUT2D eigenvalue weighted by atomic mass is 9.83. The maximum atomic E-state index is 5.77. The summed E-state index contributed by atoms with van der Waals surface area (Å²) in [5.41, 5.74) is 0. The highest BCUT2D eigenvalue weighted by molar-refractivity contribution is 4.84. The number of hydrogen-bond acceptors (Lipinski definition) is 2. The third kappa shape index (κ3) is 4.73. The topological polar surface area (TPSA) is 21.3 Å². The molecular formula is C18H33NO. The first-order chi connectivity index (χ1) is 9.92. The number of hydrogen-bond donors (Lipinski definition) is 1. The van der Waals surface area contributed by atoms with E-state index in [0.717, 1.165) is 24.5 Å². The Balaban J connectivity index is 1.39. The van der Waals surface area contributed by atoms with Crippen LogP contribution in [0.25, 0.3) is 0 Å². The van der Waals surface area contributed by atoms with Gasteiger partial charge in [0.15, 0.2) is 0 Å². The molecule has 0 radical (unpaired) electrons. The molecule has 0 bridgehead atoms. The Morgan fingerprint density at radius 2 is 1.65 bits per heavy atom. The largest absolute Gasteiger partial charge is 0.378 e. The third-order valence-corrected chi connectivity index (χ3v) is 5.69. The summed E-state index contributed by atoms with van der Waals surface area (Å²) in [6.45, 7) is 2.32. The van der Waals surface area contributed by atoms with Gasteiger partial charge in [-0.1, -0.05) is 38.5 Å². The Morgan fingerprint density at radius 3 is 2.40 bits per heavy atom. The van der Waals surface area contributed by atoms with Crippen molar-refractivity contribution in [2.24, 2.45) is 11.8 Å². The fourth-order valence-electron chi connectivity index (χ4n) is 4.20. The van der Waals surface area contributed by atoms with Crippen LogP contribution in [0.5, 0.6) is 0 Å². The van der Waals surface area contributed by atoms with Crippen molar-refractivity contribution in [2.45, 2.75) is 89.2 Å². The van der Waals surface area contributed by atoms with Gasteiger partial charge in [0.25, 0.3) is 0 Å². The summed E-state index contributed by atoms with van der Waals surface area (Å²) in [4.78, 5) is 0. The lowest BCUT2D eigenvalue weighted by molar-refractivity contribution is 0.0992. The number of ether oxygens (including phenoxy) is 1. The predicted molar refractivity (Wildman–Crippen MR) is 83.9 cm³/mol. The molecule has 2 heteroatoms. The van der Waals surface area contributed by atoms with Crippen LogP contribution in [-0.4, -0.2) is 25.3 Å². The first-order valence-electron chi connectivity index (χ1n) is 9.27. The Morgan fingerprint density at radius 1 is 0.800 bits per heavy atom. The predicted octanol–water partition coefficient (Wildman–Crippen LogP) is 4.28. The molecule has 1 N–H and O–H groups in total. The molecule has 2 saturated carbocycles. The first-order valence-corrected chi connectivity index (χ1v) is 9.27. The van der Waals surface area contributed by atoms with Gasteiger partial charge in [-0.3, -0.25) is 0 Å². The molecule has 0 amide bonds. The summed E-state index contributed by atoms with van der Waals surface area (Å²) >= 11 is 0. The minimum atomic E-state index is 0.601. The van der Waals surface area contributed by atoms with Crippen LogP contribution in [0.2, 0.25) is 0 Å². The van der Waals surface area contributed by atoms with Gasteiger partial charge in [-0.15, -0.1) is 0 Å². The average Bonchev–Trinajstić information content (AvgIpc) is 3.19.